The number of hydrogen-bond acceptors (Lipinski definition) is 2. The molecule has 0 bridgehead atoms. The number of benzene rings is 1. The highest BCUT2D eigenvalue weighted by atomic mass is 16.5. The number of carbonyl (C=O) groups excluding carboxylic acids is 1. The van der Waals surface area contributed by atoms with Gasteiger partial charge in [0.15, 0.2) is 5.78 Å². The summed E-state index contributed by atoms with van der Waals surface area (Å²) in [6.07, 6.45) is 1.94. The highest BCUT2D eigenvalue weighted by Gasteiger charge is 2.41. The molecule has 2 aliphatic carbocycles. The molecule has 2 nitrogen and oxygen atoms in total. The lowest BCUT2D eigenvalue weighted by atomic mass is 9.77. The third-order valence-corrected chi connectivity index (χ3v) is 4.53. The zero-order valence-electron chi connectivity index (χ0n) is 11.1. The molecule has 0 fully saturated rings. The Balaban J connectivity index is 2.08. The standard InChI is InChI=1S/C16H18O2/c1-9-6-13-14-8-11(18-3)4-5-12(14)16(17)15(13)7-10(9)2/h4-5,8,13,15H,6-7H2,1-3H3/t13-,15-/m0/s1. The van der Waals surface area contributed by atoms with Crippen molar-refractivity contribution in [3.8, 4) is 5.75 Å². The van der Waals surface area contributed by atoms with Crippen LogP contribution >= 0.6 is 0 Å². The minimum Gasteiger partial charge on any atom is -0.497 e. The minimum absolute atomic E-state index is 0.163. The molecule has 1 aromatic rings. The van der Waals surface area contributed by atoms with E-state index >= 15 is 0 Å². The predicted octanol–water partition coefficient (Wildman–Crippen LogP) is 3.72. The summed E-state index contributed by atoms with van der Waals surface area (Å²) >= 11 is 0. The highest BCUT2D eigenvalue weighted by molar-refractivity contribution is 6.03. The van der Waals surface area contributed by atoms with Crippen LogP contribution in [0.2, 0.25) is 0 Å². The van der Waals surface area contributed by atoms with Gasteiger partial charge in [-0.2, -0.15) is 0 Å². The molecule has 0 unspecified atom stereocenters. The molecule has 3 rings (SSSR count). The molecule has 18 heavy (non-hydrogen) atoms. The van der Waals surface area contributed by atoms with Crippen LogP contribution in [0.4, 0.5) is 0 Å². The molecule has 0 aromatic heterocycles. The Labute approximate surface area is 108 Å². The largest absolute Gasteiger partial charge is 0.497 e. The number of ether oxygens (including phenoxy) is 1. The first-order chi connectivity index (χ1) is 8.61. The van der Waals surface area contributed by atoms with E-state index in [0.717, 1.165) is 24.2 Å². The fraction of sp³-hybridized carbons (Fsp3) is 0.438. The lowest BCUT2D eigenvalue weighted by Gasteiger charge is -2.27. The summed E-state index contributed by atoms with van der Waals surface area (Å²) in [5.74, 6) is 1.71. The fourth-order valence-corrected chi connectivity index (χ4v) is 3.29. The molecular weight excluding hydrogens is 224 g/mol. The van der Waals surface area contributed by atoms with Crippen molar-refractivity contribution < 1.29 is 9.53 Å². The number of fused-ring (bicyclic) bond motifs is 3. The van der Waals surface area contributed by atoms with E-state index < -0.39 is 0 Å². The smallest absolute Gasteiger partial charge is 0.167 e. The lowest BCUT2D eigenvalue weighted by molar-refractivity contribution is 0.0918. The Morgan fingerprint density at radius 1 is 1.11 bits per heavy atom. The Morgan fingerprint density at radius 2 is 1.78 bits per heavy atom. The van der Waals surface area contributed by atoms with Crippen LogP contribution in [0.25, 0.3) is 0 Å². The summed E-state index contributed by atoms with van der Waals surface area (Å²) in [6, 6.07) is 5.87. The number of Topliss-reactive ketones (excluding diaryl/α,β-unsaturated/α-hetero) is 1. The number of rotatable bonds is 1. The normalized spacial score (nSPS) is 26.1. The molecule has 2 aliphatic rings. The molecule has 2 heteroatoms. The maximum Gasteiger partial charge on any atom is 0.167 e. The lowest BCUT2D eigenvalue weighted by Crippen LogP contribution is -2.19. The Hall–Kier alpha value is -1.57. The maximum atomic E-state index is 12.4. The van der Waals surface area contributed by atoms with E-state index in [9.17, 15) is 4.79 Å². The van der Waals surface area contributed by atoms with E-state index in [4.69, 9.17) is 4.74 Å². The fourth-order valence-electron chi connectivity index (χ4n) is 3.29. The van der Waals surface area contributed by atoms with Crippen molar-refractivity contribution in [1.29, 1.82) is 0 Å². The first-order valence-corrected chi connectivity index (χ1v) is 6.49. The van der Waals surface area contributed by atoms with Crippen molar-refractivity contribution >= 4 is 5.78 Å². The van der Waals surface area contributed by atoms with Crippen LogP contribution in [0, 0.1) is 5.92 Å². The predicted molar refractivity (Wildman–Crippen MR) is 71.2 cm³/mol. The zero-order valence-corrected chi connectivity index (χ0v) is 11.1. The second kappa shape index (κ2) is 3.98. The molecule has 94 valence electrons. The Bertz CT molecular complexity index is 554. The van der Waals surface area contributed by atoms with Gasteiger partial charge in [-0.1, -0.05) is 11.1 Å². The molecule has 0 heterocycles. The monoisotopic (exact) mass is 242 g/mol. The quantitative estimate of drug-likeness (QED) is 0.701. The molecular formula is C16H18O2. The molecule has 0 amide bonds. The van der Waals surface area contributed by atoms with E-state index in [0.29, 0.717) is 11.7 Å². The van der Waals surface area contributed by atoms with Gasteiger partial charge >= 0.3 is 0 Å². The molecule has 0 saturated heterocycles. The SMILES string of the molecule is COc1ccc2c(c1)[C@@H]1CC(C)=C(C)C[C@@H]1C2=O. The van der Waals surface area contributed by atoms with Crippen LogP contribution < -0.4 is 4.74 Å². The van der Waals surface area contributed by atoms with E-state index in [1.54, 1.807) is 7.11 Å². The first-order valence-electron chi connectivity index (χ1n) is 6.49. The van der Waals surface area contributed by atoms with Gasteiger partial charge in [0.2, 0.25) is 0 Å². The summed E-state index contributed by atoms with van der Waals surface area (Å²) in [5.41, 5.74) is 4.94. The average Bonchev–Trinajstić information content (AvgIpc) is 2.64. The van der Waals surface area contributed by atoms with E-state index in [2.05, 4.69) is 13.8 Å². The third kappa shape index (κ3) is 1.52. The van der Waals surface area contributed by atoms with E-state index in [1.807, 2.05) is 18.2 Å². The summed E-state index contributed by atoms with van der Waals surface area (Å²) in [5, 5.41) is 0. The zero-order chi connectivity index (χ0) is 12.9. The van der Waals surface area contributed by atoms with Crippen molar-refractivity contribution in [2.45, 2.75) is 32.6 Å². The molecule has 1 aromatic carbocycles. The van der Waals surface area contributed by atoms with Gasteiger partial charge in [0, 0.05) is 11.5 Å². The molecule has 0 N–H and O–H groups in total. The molecule has 2 atom stereocenters. The van der Waals surface area contributed by atoms with Crippen molar-refractivity contribution in [3.63, 3.8) is 0 Å². The van der Waals surface area contributed by atoms with Crippen molar-refractivity contribution in [1.82, 2.24) is 0 Å². The summed E-state index contributed by atoms with van der Waals surface area (Å²) in [6.45, 7) is 4.34. The third-order valence-electron chi connectivity index (χ3n) is 4.53. The van der Waals surface area contributed by atoms with E-state index in [-0.39, 0.29) is 5.92 Å². The second-order valence-corrected chi connectivity index (χ2v) is 5.50. The maximum absolute atomic E-state index is 12.4. The van der Waals surface area contributed by atoms with Gasteiger partial charge in [0.1, 0.15) is 5.75 Å². The van der Waals surface area contributed by atoms with Crippen LogP contribution in [0.5, 0.6) is 5.75 Å². The highest BCUT2D eigenvalue weighted by Crippen LogP contribution is 2.48. The van der Waals surface area contributed by atoms with Gasteiger partial charge in [-0.3, -0.25) is 4.79 Å². The number of ketones is 1. The molecule has 0 spiro atoms. The van der Waals surface area contributed by atoms with Gasteiger partial charge in [-0.15, -0.1) is 0 Å². The van der Waals surface area contributed by atoms with Crippen LogP contribution in [0.1, 0.15) is 48.5 Å². The number of carbonyl (C=O) groups is 1. The van der Waals surface area contributed by atoms with Gasteiger partial charge in [0.05, 0.1) is 7.11 Å². The van der Waals surface area contributed by atoms with Gasteiger partial charge in [0.25, 0.3) is 0 Å². The van der Waals surface area contributed by atoms with Crippen LogP contribution in [0.15, 0.2) is 29.3 Å². The number of allylic oxidation sites excluding steroid dienone is 2. The summed E-state index contributed by atoms with van der Waals surface area (Å²) in [4.78, 5) is 12.4. The van der Waals surface area contributed by atoms with Gasteiger partial charge in [-0.05, 0) is 56.4 Å². The second-order valence-electron chi connectivity index (χ2n) is 5.50. The summed E-state index contributed by atoms with van der Waals surface area (Å²) < 4.78 is 5.28. The Morgan fingerprint density at radius 3 is 2.44 bits per heavy atom. The molecule has 0 radical (unpaired) electrons. The number of methoxy groups -OCH3 is 1. The van der Waals surface area contributed by atoms with Gasteiger partial charge < -0.3 is 4.74 Å². The summed E-state index contributed by atoms with van der Waals surface area (Å²) in [7, 11) is 1.67. The van der Waals surface area contributed by atoms with Crippen molar-refractivity contribution in [3.05, 3.63) is 40.5 Å². The van der Waals surface area contributed by atoms with Crippen LogP contribution in [0.3, 0.4) is 0 Å². The molecule has 0 aliphatic heterocycles. The minimum atomic E-state index is 0.163. The molecule has 0 saturated carbocycles. The topological polar surface area (TPSA) is 26.3 Å². The van der Waals surface area contributed by atoms with Crippen LogP contribution in [-0.4, -0.2) is 12.9 Å². The van der Waals surface area contributed by atoms with Crippen molar-refractivity contribution in [2.75, 3.05) is 7.11 Å². The van der Waals surface area contributed by atoms with Gasteiger partial charge in [-0.25, -0.2) is 0 Å². The van der Waals surface area contributed by atoms with Crippen molar-refractivity contribution in [2.24, 2.45) is 5.92 Å². The van der Waals surface area contributed by atoms with E-state index in [1.165, 1.54) is 16.7 Å². The first kappa shape index (κ1) is 11.5. The number of hydrogen-bond donors (Lipinski definition) is 0. The van der Waals surface area contributed by atoms with Crippen LogP contribution in [-0.2, 0) is 0 Å². The average molecular weight is 242 g/mol. The Kier molecular flexibility index (Phi) is 2.54.